The van der Waals surface area contributed by atoms with Gasteiger partial charge in [-0.05, 0) is 44.6 Å². The molecule has 0 spiro atoms. The number of nitrogens with one attached hydrogen (secondary N) is 1. The number of amides is 1. The van der Waals surface area contributed by atoms with Gasteiger partial charge in [-0.25, -0.2) is 0 Å². The van der Waals surface area contributed by atoms with E-state index in [0.717, 1.165) is 31.0 Å². The molecule has 1 fully saturated rings. The van der Waals surface area contributed by atoms with E-state index in [1.54, 1.807) is 0 Å². The minimum atomic E-state index is -1.17. The molecule has 1 amide bonds. The second-order valence-electron chi connectivity index (χ2n) is 6.49. The van der Waals surface area contributed by atoms with Crippen LogP contribution in [0.1, 0.15) is 30.4 Å². The maximum absolute atomic E-state index is 12.1. The SMILES string of the molecule is Cc1cccc(CSCCCNC(=O)C2(O)CCN(C)CC2)c1. The molecule has 0 unspecified atom stereocenters. The number of aliphatic hydroxyl groups is 1. The van der Waals surface area contributed by atoms with E-state index in [0.29, 0.717) is 19.4 Å². The minimum absolute atomic E-state index is 0.200. The van der Waals surface area contributed by atoms with Crippen LogP contribution < -0.4 is 5.32 Å². The molecule has 2 N–H and O–H groups in total. The second-order valence-corrected chi connectivity index (χ2v) is 7.59. The lowest BCUT2D eigenvalue weighted by Crippen LogP contribution is -2.53. The van der Waals surface area contributed by atoms with Crippen LogP contribution in [-0.4, -0.2) is 53.9 Å². The van der Waals surface area contributed by atoms with Crippen LogP contribution in [0.15, 0.2) is 24.3 Å². The molecule has 2 rings (SSSR count). The zero-order valence-electron chi connectivity index (χ0n) is 14.2. The van der Waals surface area contributed by atoms with Gasteiger partial charge in [-0.2, -0.15) is 11.8 Å². The summed E-state index contributed by atoms with van der Waals surface area (Å²) < 4.78 is 0. The molecule has 1 saturated heterocycles. The highest BCUT2D eigenvalue weighted by atomic mass is 32.2. The number of carbonyl (C=O) groups is 1. The summed E-state index contributed by atoms with van der Waals surface area (Å²) in [6.07, 6.45) is 1.98. The Bertz CT molecular complexity index is 513. The minimum Gasteiger partial charge on any atom is -0.380 e. The first kappa shape index (κ1) is 18.3. The van der Waals surface area contributed by atoms with E-state index in [9.17, 15) is 9.90 Å². The molecule has 0 bridgehead atoms. The van der Waals surface area contributed by atoms with Crippen LogP contribution in [0, 0.1) is 6.92 Å². The Morgan fingerprint density at radius 2 is 2.13 bits per heavy atom. The average Bonchev–Trinajstić information content (AvgIpc) is 2.53. The lowest BCUT2D eigenvalue weighted by molar-refractivity contribution is -0.144. The Hall–Kier alpha value is -1.04. The van der Waals surface area contributed by atoms with Crippen molar-refractivity contribution in [3.05, 3.63) is 35.4 Å². The molecule has 5 heteroatoms. The third kappa shape index (κ3) is 5.83. The van der Waals surface area contributed by atoms with Crippen molar-refractivity contribution in [1.29, 1.82) is 0 Å². The summed E-state index contributed by atoms with van der Waals surface area (Å²) in [6.45, 7) is 4.29. The molecule has 4 nitrogen and oxygen atoms in total. The Morgan fingerprint density at radius 1 is 1.39 bits per heavy atom. The van der Waals surface area contributed by atoms with Crippen molar-refractivity contribution in [2.45, 2.75) is 37.5 Å². The first-order valence-corrected chi connectivity index (χ1v) is 9.48. The van der Waals surface area contributed by atoms with Crippen LogP contribution >= 0.6 is 11.8 Å². The number of hydrogen-bond donors (Lipinski definition) is 2. The van der Waals surface area contributed by atoms with Crippen LogP contribution in [0.5, 0.6) is 0 Å². The highest BCUT2D eigenvalue weighted by molar-refractivity contribution is 7.98. The van der Waals surface area contributed by atoms with Gasteiger partial charge in [-0.1, -0.05) is 29.8 Å². The fourth-order valence-electron chi connectivity index (χ4n) is 2.75. The smallest absolute Gasteiger partial charge is 0.252 e. The molecule has 0 aromatic heterocycles. The number of aryl methyl sites for hydroxylation is 1. The first-order valence-electron chi connectivity index (χ1n) is 8.32. The number of rotatable bonds is 7. The molecule has 1 aromatic rings. The molecule has 23 heavy (non-hydrogen) atoms. The molecule has 1 aliphatic heterocycles. The van der Waals surface area contributed by atoms with Crippen molar-refractivity contribution >= 4 is 17.7 Å². The summed E-state index contributed by atoms with van der Waals surface area (Å²) in [5, 5.41) is 13.3. The number of nitrogens with zero attached hydrogens (tertiary/aromatic N) is 1. The Morgan fingerprint density at radius 3 is 2.83 bits per heavy atom. The third-order valence-electron chi connectivity index (χ3n) is 4.34. The molecule has 0 saturated carbocycles. The standard InChI is InChI=1S/C18H28N2O2S/c1-15-5-3-6-16(13-15)14-23-12-4-9-19-17(21)18(22)7-10-20(2)11-8-18/h3,5-6,13,22H,4,7-12,14H2,1-2H3,(H,19,21). The quantitative estimate of drug-likeness (QED) is 0.750. The normalized spacial score (nSPS) is 17.9. The Kier molecular flexibility index (Phi) is 6.93. The summed E-state index contributed by atoms with van der Waals surface area (Å²) in [7, 11) is 2.02. The van der Waals surface area contributed by atoms with E-state index >= 15 is 0 Å². The zero-order valence-corrected chi connectivity index (χ0v) is 15.0. The van der Waals surface area contributed by atoms with Crippen molar-refractivity contribution in [2.24, 2.45) is 0 Å². The fraction of sp³-hybridized carbons (Fsp3) is 0.611. The van der Waals surface area contributed by atoms with E-state index < -0.39 is 5.60 Å². The van der Waals surface area contributed by atoms with Gasteiger partial charge >= 0.3 is 0 Å². The summed E-state index contributed by atoms with van der Waals surface area (Å²) in [5.74, 6) is 1.82. The summed E-state index contributed by atoms with van der Waals surface area (Å²) in [4.78, 5) is 14.3. The predicted octanol–water partition coefficient (Wildman–Crippen LogP) is 2.19. The molecular formula is C18H28N2O2S. The van der Waals surface area contributed by atoms with E-state index in [4.69, 9.17) is 0 Å². The monoisotopic (exact) mass is 336 g/mol. The Labute approximate surface area is 143 Å². The third-order valence-corrected chi connectivity index (χ3v) is 5.45. The molecule has 0 radical (unpaired) electrons. The molecular weight excluding hydrogens is 308 g/mol. The average molecular weight is 337 g/mol. The lowest BCUT2D eigenvalue weighted by atomic mass is 9.91. The van der Waals surface area contributed by atoms with Crippen LogP contribution in [0.2, 0.25) is 0 Å². The van der Waals surface area contributed by atoms with Crippen molar-refractivity contribution in [2.75, 3.05) is 32.4 Å². The van der Waals surface area contributed by atoms with Crippen LogP contribution in [-0.2, 0) is 10.5 Å². The van der Waals surface area contributed by atoms with Gasteiger partial charge in [0.25, 0.3) is 5.91 Å². The highest BCUT2D eigenvalue weighted by Gasteiger charge is 2.38. The number of carbonyl (C=O) groups excluding carboxylic acids is 1. The van der Waals surface area contributed by atoms with Gasteiger partial charge in [0, 0.05) is 25.4 Å². The van der Waals surface area contributed by atoms with Gasteiger partial charge in [-0.3, -0.25) is 4.79 Å². The predicted molar refractivity (Wildman–Crippen MR) is 96.6 cm³/mol. The molecule has 1 aromatic carbocycles. The molecule has 1 heterocycles. The van der Waals surface area contributed by atoms with Crippen LogP contribution in [0.25, 0.3) is 0 Å². The highest BCUT2D eigenvalue weighted by Crippen LogP contribution is 2.21. The molecule has 0 aliphatic carbocycles. The van der Waals surface area contributed by atoms with Crippen molar-refractivity contribution in [1.82, 2.24) is 10.2 Å². The summed E-state index contributed by atoms with van der Waals surface area (Å²) in [5.41, 5.74) is 1.47. The second kappa shape index (κ2) is 8.71. The molecule has 0 atom stereocenters. The van der Waals surface area contributed by atoms with E-state index in [1.807, 2.05) is 18.8 Å². The van der Waals surface area contributed by atoms with Crippen LogP contribution in [0.4, 0.5) is 0 Å². The molecule has 128 valence electrons. The van der Waals surface area contributed by atoms with Gasteiger partial charge in [0.15, 0.2) is 0 Å². The van der Waals surface area contributed by atoms with Gasteiger partial charge < -0.3 is 15.3 Å². The number of piperidine rings is 1. The maximum Gasteiger partial charge on any atom is 0.252 e. The summed E-state index contributed by atoms with van der Waals surface area (Å²) >= 11 is 1.88. The molecule has 1 aliphatic rings. The summed E-state index contributed by atoms with van der Waals surface area (Å²) in [6, 6.07) is 8.56. The first-order chi connectivity index (χ1) is 11.0. The van der Waals surface area contributed by atoms with Gasteiger partial charge in [0.1, 0.15) is 5.60 Å². The van der Waals surface area contributed by atoms with Crippen molar-refractivity contribution in [3.8, 4) is 0 Å². The number of hydrogen-bond acceptors (Lipinski definition) is 4. The number of likely N-dealkylation sites (tertiary alicyclic amines) is 1. The van der Waals surface area contributed by atoms with Crippen molar-refractivity contribution in [3.63, 3.8) is 0 Å². The van der Waals surface area contributed by atoms with Gasteiger partial charge in [-0.15, -0.1) is 0 Å². The van der Waals surface area contributed by atoms with Crippen molar-refractivity contribution < 1.29 is 9.90 Å². The van der Waals surface area contributed by atoms with E-state index in [1.165, 1.54) is 11.1 Å². The largest absolute Gasteiger partial charge is 0.380 e. The van der Waals surface area contributed by atoms with Crippen LogP contribution in [0.3, 0.4) is 0 Å². The Balaban J connectivity index is 1.59. The van der Waals surface area contributed by atoms with Gasteiger partial charge in [0.05, 0.1) is 0 Å². The van der Waals surface area contributed by atoms with E-state index in [2.05, 4.69) is 41.4 Å². The number of thioether (sulfide) groups is 1. The topological polar surface area (TPSA) is 52.6 Å². The zero-order chi connectivity index (χ0) is 16.7. The maximum atomic E-state index is 12.1. The number of benzene rings is 1. The van der Waals surface area contributed by atoms with Gasteiger partial charge in [0.2, 0.25) is 0 Å². The lowest BCUT2D eigenvalue weighted by Gasteiger charge is -2.35. The fourth-order valence-corrected chi connectivity index (χ4v) is 3.66. The van der Waals surface area contributed by atoms with E-state index in [-0.39, 0.29) is 5.91 Å².